The van der Waals surface area contributed by atoms with Gasteiger partial charge in [-0.15, -0.1) is 10.2 Å². The molecule has 0 saturated carbocycles. The topological polar surface area (TPSA) is 117 Å². The molecule has 0 aliphatic carbocycles. The normalized spacial score (nSPS) is 11.2. The van der Waals surface area contributed by atoms with E-state index in [9.17, 15) is 15.0 Å². The van der Waals surface area contributed by atoms with Crippen molar-refractivity contribution in [2.45, 2.75) is 0 Å². The number of nitrogens with zero attached hydrogens (tertiary/aromatic N) is 3. The number of aromatic hydroxyl groups is 2. The number of ether oxygens (including phenoxy) is 1. The van der Waals surface area contributed by atoms with Gasteiger partial charge in [-0.1, -0.05) is 42.5 Å². The van der Waals surface area contributed by atoms with Crippen molar-refractivity contribution >= 4 is 28.4 Å². The second-order valence-electron chi connectivity index (χ2n) is 6.52. The van der Waals surface area contributed by atoms with Gasteiger partial charge < -0.3 is 24.6 Å². The van der Waals surface area contributed by atoms with E-state index >= 15 is 0 Å². The number of hydrogen-bond donors (Lipinski definition) is 3. The number of aryl methyl sites for hydroxylation is 1. The quantitative estimate of drug-likeness (QED) is 0.229. The van der Waals surface area contributed by atoms with Crippen LogP contribution in [0.25, 0.3) is 22.0 Å². The fourth-order valence-corrected chi connectivity index (χ4v) is 3.24. The first kappa shape index (κ1) is 19.0. The van der Waals surface area contributed by atoms with E-state index < -0.39 is 6.16 Å². The van der Waals surface area contributed by atoms with Crippen LogP contribution in [-0.2, 0) is 7.05 Å². The fourth-order valence-electron chi connectivity index (χ4n) is 3.24. The molecular weight excluding hydrogens is 386 g/mol. The summed E-state index contributed by atoms with van der Waals surface area (Å²) in [7, 11) is 1.72. The lowest BCUT2D eigenvalue weighted by Crippen LogP contribution is -2.02. The Labute approximate surface area is 170 Å². The third-order valence-corrected chi connectivity index (χ3v) is 4.67. The summed E-state index contributed by atoms with van der Waals surface area (Å²) in [6.07, 6.45) is -1.42. The van der Waals surface area contributed by atoms with Gasteiger partial charge in [0.1, 0.15) is 11.4 Å². The molecule has 0 atom stereocenters. The number of fused-ring (bicyclic) bond motifs is 1. The Balaban J connectivity index is 1.73. The Hall–Kier alpha value is -4.33. The highest BCUT2D eigenvalue weighted by atomic mass is 16.7. The number of hydrogen-bond acceptors (Lipinski definition) is 6. The fraction of sp³-hybridized carbons (Fsp3) is 0.0455. The first-order valence-corrected chi connectivity index (χ1v) is 8.97. The molecule has 0 saturated heterocycles. The van der Waals surface area contributed by atoms with Crippen molar-refractivity contribution in [1.82, 2.24) is 4.57 Å². The van der Waals surface area contributed by atoms with Crippen LogP contribution >= 0.6 is 0 Å². The number of phenolic OH excluding ortho intramolecular Hbond substituents is 1. The van der Waals surface area contributed by atoms with E-state index in [1.165, 1.54) is 12.1 Å². The molecule has 0 amide bonds. The van der Waals surface area contributed by atoms with Crippen LogP contribution in [0.2, 0.25) is 0 Å². The number of para-hydroxylation sites is 2. The van der Waals surface area contributed by atoms with Crippen LogP contribution < -0.4 is 4.74 Å². The van der Waals surface area contributed by atoms with E-state index in [2.05, 4.69) is 15.0 Å². The Kier molecular flexibility index (Phi) is 4.81. The number of phenols is 1. The molecule has 0 bridgehead atoms. The average Bonchev–Trinajstić information content (AvgIpc) is 2.97. The lowest BCUT2D eigenvalue weighted by atomic mass is 10.0. The van der Waals surface area contributed by atoms with Crippen molar-refractivity contribution in [1.29, 1.82) is 0 Å². The van der Waals surface area contributed by atoms with Crippen LogP contribution in [0.3, 0.4) is 0 Å². The Morgan fingerprint density at radius 3 is 2.53 bits per heavy atom. The molecule has 0 spiro atoms. The molecular formula is C22H17N3O5. The van der Waals surface area contributed by atoms with Crippen molar-refractivity contribution in [3.05, 3.63) is 66.7 Å². The molecule has 4 aromatic rings. The molecule has 8 heteroatoms. The van der Waals surface area contributed by atoms with Gasteiger partial charge in [-0.25, -0.2) is 4.79 Å². The summed E-state index contributed by atoms with van der Waals surface area (Å²) in [6, 6.07) is 18.7. The molecule has 0 aliphatic heterocycles. The van der Waals surface area contributed by atoms with Crippen molar-refractivity contribution in [2.75, 3.05) is 0 Å². The molecule has 3 aromatic carbocycles. The molecule has 150 valence electrons. The highest BCUT2D eigenvalue weighted by Crippen LogP contribution is 2.41. The standard InChI is InChI=1S/C22H17N3O5/c1-25-18-11-3-2-8-16(18)19(21(25)27)24-23-17-10-5-9-15(20(17)26)13-6-4-7-14(12-13)30-22(28)29/h2-12,26-27H,1H3,(H,28,29). The van der Waals surface area contributed by atoms with E-state index in [0.29, 0.717) is 16.8 Å². The minimum absolute atomic E-state index is 0.0332. The minimum atomic E-state index is -1.42. The molecule has 4 rings (SSSR count). The van der Waals surface area contributed by atoms with Gasteiger partial charge in [0, 0.05) is 18.0 Å². The van der Waals surface area contributed by atoms with Crippen LogP contribution in [0.1, 0.15) is 0 Å². The van der Waals surface area contributed by atoms with E-state index in [1.807, 2.05) is 24.3 Å². The molecule has 0 fully saturated rings. The maximum atomic E-state index is 10.8. The third kappa shape index (κ3) is 3.42. The van der Waals surface area contributed by atoms with Crippen molar-refractivity contribution in [3.63, 3.8) is 0 Å². The second kappa shape index (κ2) is 7.59. The summed E-state index contributed by atoms with van der Waals surface area (Å²) in [5.41, 5.74) is 2.29. The van der Waals surface area contributed by atoms with E-state index in [0.717, 1.165) is 10.9 Å². The number of benzene rings is 3. The van der Waals surface area contributed by atoms with Crippen molar-refractivity contribution in [3.8, 4) is 28.5 Å². The predicted molar refractivity (Wildman–Crippen MR) is 111 cm³/mol. The zero-order chi connectivity index (χ0) is 21.3. The molecule has 1 heterocycles. The maximum Gasteiger partial charge on any atom is 0.511 e. The summed E-state index contributed by atoms with van der Waals surface area (Å²) in [4.78, 5) is 10.8. The highest BCUT2D eigenvalue weighted by molar-refractivity contribution is 5.94. The van der Waals surface area contributed by atoms with Gasteiger partial charge in [-0.05, 0) is 29.8 Å². The Morgan fingerprint density at radius 2 is 1.73 bits per heavy atom. The molecule has 3 N–H and O–H groups in total. The lowest BCUT2D eigenvalue weighted by molar-refractivity contribution is 0.144. The number of carboxylic acid groups (broad SMARTS) is 1. The summed E-state index contributed by atoms with van der Waals surface area (Å²) < 4.78 is 6.28. The third-order valence-electron chi connectivity index (χ3n) is 4.67. The largest absolute Gasteiger partial charge is 0.511 e. The summed E-state index contributed by atoms with van der Waals surface area (Å²) in [6.45, 7) is 0. The van der Waals surface area contributed by atoms with Crippen LogP contribution in [0.5, 0.6) is 17.4 Å². The highest BCUT2D eigenvalue weighted by Gasteiger charge is 2.15. The van der Waals surface area contributed by atoms with E-state index in [1.54, 1.807) is 41.9 Å². The number of carbonyl (C=O) groups is 1. The molecule has 30 heavy (non-hydrogen) atoms. The van der Waals surface area contributed by atoms with Gasteiger partial charge in [0.25, 0.3) is 0 Å². The van der Waals surface area contributed by atoms with Crippen molar-refractivity contribution < 1.29 is 24.9 Å². The van der Waals surface area contributed by atoms with Crippen LogP contribution in [0.15, 0.2) is 77.0 Å². The van der Waals surface area contributed by atoms with Gasteiger partial charge in [-0.3, -0.25) is 0 Å². The first-order chi connectivity index (χ1) is 14.5. The summed E-state index contributed by atoms with van der Waals surface area (Å²) in [5.74, 6) is -0.0327. The van der Waals surface area contributed by atoms with Crippen LogP contribution in [0, 0.1) is 0 Å². The number of azo groups is 1. The van der Waals surface area contributed by atoms with Crippen LogP contribution in [0.4, 0.5) is 16.2 Å². The average molecular weight is 403 g/mol. The molecule has 8 nitrogen and oxygen atoms in total. The number of rotatable bonds is 4. The van der Waals surface area contributed by atoms with Gasteiger partial charge in [-0.2, -0.15) is 0 Å². The second-order valence-corrected chi connectivity index (χ2v) is 6.52. The van der Waals surface area contributed by atoms with Gasteiger partial charge in [0.05, 0.1) is 5.52 Å². The summed E-state index contributed by atoms with van der Waals surface area (Å²) in [5, 5.41) is 38.9. The Bertz CT molecular complexity index is 1290. The Morgan fingerprint density at radius 1 is 0.967 bits per heavy atom. The molecule has 1 aromatic heterocycles. The zero-order valence-electron chi connectivity index (χ0n) is 15.9. The van der Waals surface area contributed by atoms with Gasteiger partial charge >= 0.3 is 6.16 Å². The molecule has 0 radical (unpaired) electrons. The monoisotopic (exact) mass is 403 g/mol. The van der Waals surface area contributed by atoms with Gasteiger partial charge in [0.2, 0.25) is 5.88 Å². The first-order valence-electron chi connectivity index (χ1n) is 8.97. The maximum absolute atomic E-state index is 10.8. The SMILES string of the molecule is Cn1c(O)c(N=Nc2cccc(-c3cccc(OC(=O)O)c3)c2O)c2ccccc21. The zero-order valence-corrected chi connectivity index (χ0v) is 15.9. The number of aromatic nitrogens is 1. The minimum Gasteiger partial charge on any atom is -0.505 e. The van der Waals surface area contributed by atoms with E-state index in [-0.39, 0.29) is 23.1 Å². The van der Waals surface area contributed by atoms with Gasteiger partial charge in [0.15, 0.2) is 11.4 Å². The predicted octanol–water partition coefficient (Wildman–Crippen LogP) is 5.73. The summed E-state index contributed by atoms with van der Waals surface area (Å²) >= 11 is 0. The van der Waals surface area contributed by atoms with Crippen LogP contribution in [-0.4, -0.2) is 26.0 Å². The molecule has 0 unspecified atom stereocenters. The van der Waals surface area contributed by atoms with Crippen molar-refractivity contribution in [2.24, 2.45) is 17.3 Å². The lowest BCUT2D eigenvalue weighted by Gasteiger charge is -2.08. The molecule has 0 aliphatic rings. The smallest absolute Gasteiger partial charge is 0.505 e. The van der Waals surface area contributed by atoms with E-state index in [4.69, 9.17) is 5.11 Å².